The first-order chi connectivity index (χ1) is 19.4. The van der Waals surface area contributed by atoms with Crippen molar-refractivity contribution in [1.29, 1.82) is 0 Å². The summed E-state index contributed by atoms with van der Waals surface area (Å²) in [6, 6.07) is 10.0. The summed E-state index contributed by atoms with van der Waals surface area (Å²) >= 11 is 0. The lowest BCUT2D eigenvalue weighted by Crippen LogP contribution is -2.39. The lowest BCUT2D eigenvalue weighted by atomic mass is 9.95. The number of fused-ring (bicyclic) bond motifs is 1. The fraction of sp³-hybridized carbons (Fsp3) is 0.613. The van der Waals surface area contributed by atoms with Crippen LogP contribution in [0.4, 0.5) is 5.69 Å². The van der Waals surface area contributed by atoms with Crippen LogP contribution in [0, 0.1) is 5.92 Å². The minimum Gasteiger partial charge on any atom is -0.478 e. The molecule has 0 N–H and O–H groups in total. The third-order valence-corrected chi connectivity index (χ3v) is 7.67. The highest BCUT2D eigenvalue weighted by atomic mass is 16.7. The molecule has 0 spiro atoms. The number of methoxy groups -OCH3 is 2. The molecule has 3 heterocycles. The van der Waals surface area contributed by atoms with Crippen molar-refractivity contribution in [1.82, 2.24) is 14.1 Å². The summed E-state index contributed by atoms with van der Waals surface area (Å²) in [5.74, 6) is 1.31. The summed E-state index contributed by atoms with van der Waals surface area (Å²) in [6.07, 6.45) is 5.71. The Kier molecular flexibility index (Phi) is 10.5. The molecule has 1 aliphatic heterocycles. The molecule has 3 aromatic rings. The van der Waals surface area contributed by atoms with Crippen molar-refractivity contribution in [3.63, 3.8) is 0 Å². The molecule has 220 valence electrons. The maximum absolute atomic E-state index is 13.9. The SMILES string of the molecule is CCCCOc1ccc(-n2c(=O)n(C(C)C)c3cc(N4CCC(C(OC)OC)CC4)ccc32)c(OCCCC)n1. The molecule has 0 saturated carbocycles. The molecule has 0 atom stereocenters. The quantitative estimate of drug-likeness (QED) is 0.180. The van der Waals surface area contributed by atoms with Gasteiger partial charge in [0.2, 0.25) is 11.8 Å². The van der Waals surface area contributed by atoms with Crippen molar-refractivity contribution in [3.8, 4) is 17.4 Å². The second-order valence-electron chi connectivity index (χ2n) is 10.8. The summed E-state index contributed by atoms with van der Waals surface area (Å²) in [4.78, 5) is 21.0. The van der Waals surface area contributed by atoms with Gasteiger partial charge >= 0.3 is 5.69 Å². The Morgan fingerprint density at radius 3 is 2.23 bits per heavy atom. The number of benzene rings is 1. The first-order valence-electron chi connectivity index (χ1n) is 14.8. The first kappa shape index (κ1) is 29.9. The van der Waals surface area contributed by atoms with Crippen molar-refractivity contribution < 1.29 is 18.9 Å². The van der Waals surface area contributed by atoms with Crippen LogP contribution in [-0.2, 0) is 9.47 Å². The van der Waals surface area contributed by atoms with E-state index in [1.54, 1.807) is 18.8 Å². The van der Waals surface area contributed by atoms with Crippen molar-refractivity contribution >= 4 is 16.7 Å². The second-order valence-corrected chi connectivity index (χ2v) is 10.8. The summed E-state index contributed by atoms with van der Waals surface area (Å²) in [6.45, 7) is 11.3. The van der Waals surface area contributed by atoms with E-state index in [1.807, 2.05) is 36.6 Å². The van der Waals surface area contributed by atoms with Crippen LogP contribution in [0.1, 0.15) is 72.3 Å². The molecule has 0 bridgehead atoms. The van der Waals surface area contributed by atoms with E-state index in [4.69, 9.17) is 18.9 Å². The Morgan fingerprint density at radius 2 is 1.60 bits per heavy atom. The zero-order valence-electron chi connectivity index (χ0n) is 25.0. The minimum absolute atomic E-state index is 0.0181. The van der Waals surface area contributed by atoms with E-state index < -0.39 is 0 Å². The third kappa shape index (κ3) is 6.47. The maximum atomic E-state index is 13.9. The highest BCUT2D eigenvalue weighted by molar-refractivity contribution is 5.83. The summed E-state index contributed by atoms with van der Waals surface area (Å²) < 4.78 is 26.6. The Bertz CT molecular complexity index is 1290. The number of pyridine rings is 1. The highest BCUT2D eigenvalue weighted by Gasteiger charge is 2.28. The molecule has 1 saturated heterocycles. The van der Waals surface area contributed by atoms with Crippen molar-refractivity contribution in [2.75, 3.05) is 45.4 Å². The zero-order chi connectivity index (χ0) is 28.6. The number of nitrogens with zero attached hydrogens (tertiary/aromatic N) is 4. The van der Waals surface area contributed by atoms with Gasteiger partial charge in [-0.3, -0.25) is 9.13 Å². The van der Waals surface area contributed by atoms with Gasteiger partial charge in [-0.15, -0.1) is 0 Å². The van der Waals surface area contributed by atoms with E-state index >= 15 is 0 Å². The van der Waals surface area contributed by atoms with Gasteiger partial charge in [-0.25, -0.2) is 4.79 Å². The maximum Gasteiger partial charge on any atom is 0.334 e. The summed E-state index contributed by atoms with van der Waals surface area (Å²) in [5, 5.41) is 0. The molecule has 4 rings (SSSR count). The van der Waals surface area contributed by atoms with Crippen LogP contribution in [-0.4, -0.2) is 60.9 Å². The number of imidazole rings is 1. The lowest BCUT2D eigenvalue weighted by molar-refractivity contribution is -0.141. The number of anilines is 1. The molecular weight excluding hydrogens is 508 g/mol. The molecule has 0 amide bonds. The number of hydrogen-bond donors (Lipinski definition) is 0. The molecule has 1 aromatic carbocycles. The van der Waals surface area contributed by atoms with Gasteiger partial charge in [0.05, 0.1) is 24.2 Å². The van der Waals surface area contributed by atoms with Gasteiger partial charge in [-0.05, 0) is 63.8 Å². The number of rotatable bonds is 14. The number of aromatic nitrogens is 3. The van der Waals surface area contributed by atoms with Crippen LogP contribution in [0.2, 0.25) is 0 Å². The molecule has 1 fully saturated rings. The van der Waals surface area contributed by atoms with E-state index in [2.05, 4.69) is 35.9 Å². The van der Waals surface area contributed by atoms with E-state index in [9.17, 15) is 4.79 Å². The molecule has 0 unspecified atom stereocenters. The Morgan fingerprint density at radius 1 is 0.925 bits per heavy atom. The number of hydrogen-bond acceptors (Lipinski definition) is 7. The molecule has 40 heavy (non-hydrogen) atoms. The molecule has 9 heteroatoms. The van der Waals surface area contributed by atoms with Crippen molar-refractivity contribution in [3.05, 3.63) is 40.8 Å². The van der Waals surface area contributed by atoms with Gasteiger partial charge in [0.1, 0.15) is 5.69 Å². The molecule has 0 radical (unpaired) electrons. The predicted octanol–water partition coefficient (Wildman–Crippen LogP) is 5.96. The fourth-order valence-corrected chi connectivity index (χ4v) is 5.45. The zero-order valence-corrected chi connectivity index (χ0v) is 25.0. The fourth-order valence-electron chi connectivity index (χ4n) is 5.45. The average Bonchev–Trinajstić information content (AvgIpc) is 3.25. The topological polar surface area (TPSA) is 80.0 Å². The molecule has 2 aromatic heterocycles. The predicted molar refractivity (Wildman–Crippen MR) is 159 cm³/mol. The Hall–Kier alpha value is -3.04. The van der Waals surface area contributed by atoms with E-state index in [0.717, 1.165) is 68.3 Å². The Balaban J connectivity index is 1.72. The van der Waals surface area contributed by atoms with Crippen molar-refractivity contribution in [2.45, 2.75) is 78.6 Å². The van der Waals surface area contributed by atoms with Gasteiger partial charge in [0.15, 0.2) is 6.29 Å². The van der Waals surface area contributed by atoms with E-state index in [-0.39, 0.29) is 18.0 Å². The lowest BCUT2D eigenvalue weighted by Gasteiger charge is -2.36. The molecule has 1 aliphatic rings. The first-order valence-corrected chi connectivity index (χ1v) is 14.8. The van der Waals surface area contributed by atoms with Crippen LogP contribution >= 0.6 is 0 Å². The largest absolute Gasteiger partial charge is 0.478 e. The van der Waals surface area contributed by atoms with Gasteiger partial charge < -0.3 is 23.8 Å². The van der Waals surface area contributed by atoms with Gasteiger partial charge in [-0.1, -0.05) is 26.7 Å². The Labute approximate surface area is 238 Å². The van der Waals surface area contributed by atoms with Crippen molar-refractivity contribution in [2.24, 2.45) is 5.92 Å². The van der Waals surface area contributed by atoms with Gasteiger partial charge in [0.25, 0.3) is 0 Å². The monoisotopic (exact) mass is 554 g/mol. The smallest absolute Gasteiger partial charge is 0.334 e. The van der Waals surface area contributed by atoms with Crippen LogP contribution in [0.25, 0.3) is 16.7 Å². The van der Waals surface area contributed by atoms with E-state index in [1.165, 1.54) is 0 Å². The van der Waals surface area contributed by atoms with E-state index in [0.29, 0.717) is 36.6 Å². The van der Waals surface area contributed by atoms with Crippen LogP contribution in [0.5, 0.6) is 11.8 Å². The van der Waals surface area contributed by atoms with Crippen LogP contribution in [0.15, 0.2) is 35.1 Å². The van der Waals surface area contributed by atoms with Crippen LogP contribution in [0.3, 0.4) is 0 Å². The third-order valence-electron chi connectivity index (χ3n) is 7.67. The average molecular weight is 555 g/mol. The minimum atomic E-state index is -0.171. The highest BCUT2D eigenvalue weighted by Crippen LogP contribution is 2.32. The molecule has 0 aliphatic carbocycles. The normalized spacial score (nSPS) is 14.6. The molecular formula is C31H46N4O5. The number of unbranched alkanes of at least 4 members (excludes halogenated alkanes) is 2. The van der Waals surface area contributed by atoms with Gasteiger partial charge in [-0.2, -0.15) is 4.98 Å². The second kappa shape index (κ2) is 14.0. The standard InChI is InChI=1S/C31H46N4O5/c1-7-9-19-39-28-14-13-26(29(32-28)40-20-10-8-2)35-25-12-11-24(21-27(25)34(22(3)4)31(35)36)33-17-15-23(16-18-33)30(37-5)38-6/h11-14,21-23,30H,7-10,15-20H2,1-6H3. The number of piperidine rings is 1. The summed E-state index contributed by atoms with van der Waals surface area (Å²) in [7, 11) is 3.40. The van der Waals surface area contributed by atoms with Gasteiger partial charge in [0, 0.05) is 51.0 Å². The number of ether oxygens (including phenoxy) is 4. The van der Waals surface area contributed by atoms with Crippen LogP contribution < -0.4 is 20.1 Å². The molecule has 9 nitrogen and oxygen atoms in total. The summed E-state index contributed by atoms with van der Waals surface area (Å²) in [5.41, 5.74) is 3.37.